The van der Waals surface area contributed by atoms with Crippen molar-refractivity contribution >= 4 is 23.7 Å². The molecule has 0 bridgehead atoms. The summed E-state index contributed by atoms with van der Waals surface area (Å²) in [6, 6.07) is 7.14. The van der Waals surface area contributed by atoms with Crippen LogP contribution >= 0.6 is 11.6 Å². The van der Waals surface area contributed by atoms with Crippen LogP contribution in [0.5, 0.6) is 0 Å². The molecule has 1 unspecified atom stereocenters. The van der Waals surface area contributed by atoms with Crippen molar-refractivity contribution in [2.45, 2.75) is 32.3 Å². The Morgan fingerprint density at radius 1 is 1.27 bits per heavy atom. The summed E-state index contributed by atoms with van der Waals surface area (Å²) in [4.78, 5) is 25.1. The van der Waals surface area contributed by atoms with Gasteiger partial charge in [-0.2, -0.15) is 0 Å². The highest BCUT2D eigenvalue weighted by molar-refractivity contribution is 6.31. The minimum absolute atomic E-state index is 0.125. The van der Waals surface area contributed by atoms with Crippen LogP contribution in [0.2, 0.25) is 5.02 Å². The van der Waals surface area contributed by atoms with Gasteiger partial charge in [-0.05, 0) is 32.4 Å². The van der Waals surface area contributed by atoms with E-state index in [0.29, 0.717) is 5.02 Å². The number of carbonyl (C=O) groups is 2. The van der Waals surface area contributed by atoms with Gasteiger partial charge in [0.05, 0.1) is 5.92 Å². The summed E-state index contributed by atoms with van der Waals surface area (Å²) >= 11 is 6.18. The Labute approximate surface area is 134 Å². The topological polar surface area (TPSA) is 66.8 Å². The maximum atomic E-state index is 12.2. The van der Waals surface area contributed by atoms with E-state index in [2.05, 4.69) is 0 Å². The van der Waals surface area contributed by atoms with Crippen LogP contribution in [0.25, 0.3) is 0 Å². The van der Waals surface area contributed by atoms with Crippen molar-refractivity contribution in [1.82, 2.24) is 4.90 Å². The van der Waals surface area contributed by atoms with Crippen molar-refractivity contribution in [3.63, 3.8) is 0 Å². The SMILES string of the molecule is CC(C)(C)OC(=O)N1CC(c2ccccc2Cl)[C@H](C(=O)O)C1. The van der Waals surface area contributed by atoms with Crippen LogP contribution in [-0.2, 0) is 9.53 Å². The number of rotatable bonds is 2. The zero-order valence-electron chi connectivity index (χ0n) is 12.9. The number of hydrogen-bond acceptors (Lipinski definition) is 3. The number of benzene rings is 1. The monoisotopic (exact) mass is 325 g/mol. The molecule has 0 radical (unpaired) electrons. The highest BCUT2D eigenvalue weighted by Gasteiger charge is 2.42. The molecule has 6 heteroatoms. The summed E-state index contributed by atoms with van der Waals surface area (Å²) in [6.07, 6.45) is -0.492. The number of likely N-dealkylation sites (tertiary alicyclic amines) is 1. The van der Waals surface area contributed by atoms with Gasteiger partial charge in [0.15, 0.2) is 0 Å². The molecule has 2 atom stereocenters. The van der Waals surface area contributed by atoms with Gasteiger partial charge in [-0.1, -0.05) is 29.8 Å². The first-order valence-electron chi connectivity index (χ1n) is 7.14. The van der Waals surface area contributed by atoms with Gasteiger partial charge in [-0.3, -0.25) is 4.79 Å². The second kappa shape index (κ2) is 6.16. The van der Waals surface area contributed by atoms with Crippen molar-refractivity contribution in [3.05, 3.63) is 34.9 Å². The third kappa shape index (κ3) is 3.71. The molecule has 1 heterocycles. The predicted molar refractivity (Wildman–Crippen MR) is 83.1 cm³/mol. The molecule has 1 aromatic carbocycles. The number of hydrogen-bond donors (Lipinski definition) is 1. The summed E-state index contributed by atoms with van der Waals surface area (Å²) in [5, 5.41) is 9.96. The number of aliphatic carboxylic acids is 1. The average Bonchev–Trinajstić information content (AvgIpc) is 2.82. The van der Waals surface area contributed by atoms with Gasteiger partial charge in [0.25, 0.3) is 0 Å². The van der Waals surface area contributed by atoms with Crippen molar-refractivity contribution in [2.24, 2.45) is 5.92 Å². The van der Waals surface area contributed by atoms with Crippen LogP contribution in [-0.4, -0.2) is 40.8 Å². The Kier molecular flexibility index (Phi) is 4.66. The first-order chi connectivity index (χ1) is 10.2. The molecule has 1 N–H and O–H groups in total. The molecule has 0 spiro atoms. The van der Waals surface area contributed by atoms with E-state index in [9.17, 15) is 14.7 Å². The van der Waals surface area contributed by atoms with Gasteiger partial charge >= 0.3 is 12.1 Å². The lowest BCUT2D eigenvalue weighted by molar-refractivity contribution is -0.141. The Balaban J connectivity index is 2.22. The molecule has 1 aliphatic heterocycles. The van der Waals surface area contributed by atoms with E-state index < -0.39 is 23.6 Å². The zero-order valence-corrected chi connectivity index (χ0v) is 13.6. The van der Waals surface area contributed by atoms with Crippen LogP contribution < -0.4 is 0 Å². The van der Waals surface area contributed by atoms with E-state index >= 15 is 0 Å². The van der Waals surface area contributed by atoms with Crippen LogP contribution in [0, 0.1) is 5.92 Å². The third-order valence-electron chi connectivity index (χ3n) is 3.59. The lowest BCUT2D eigenvalue weighted by Crippen LogP contribution is -2.35. The maximum Gasteiger partial charge on any atom is 0.410 e. The Bertz CT molecular complexity index is 582. The molecule has 0 saturated carbocycles. The highest BCUT2D eigenvalue weighted by atomic mass is 35.5. The normalized spacial score (nSPS) is 21.7. The second-order valence-corrected chi connectivity index (χ2v) is 6.87. The van der Waals surface area contributed by atoms with Gasteiger partial charge < -0.3 is 14.7 Å². The highest BCUT2D eigenvalue weighted by Crippen LogP contribution is 2.36. The number of halogens is 1. The fourth-order valence-corrected chi connectivity index (χ4v) is 2.90. The van der Waals surface area contributed by atoms with Crippen LogP contribution in [0.15, 0.2) is 24.3 Å². The molecular formula is C16H20ClNO4. The van der Waals surface area contributed by atoms with Crippen molar-refractivity contribution < 1.29 is 19.4 Å². The molecule has 1 aliphatic rings. The molecule has 1 amide bonds. The molecule has 22 heavy (non-hydrogen) atoms. The fourth-order valence-electron chi connectivity index (χ4n) is 2.62. The first-order valence-corrected chi connectivity index (χ1v) is 7.52. The number of carboxylic acid groups (broad SMARTS) is 1. The smallest absolute Gasteiger partial charge is 0.410 e. The molecule has 0 aromatic heterocycles. The van der Waals surface area contributed by atoms with Gasteiger partial charge in [0.2, 0.25) is 0 Å². The second-order valence-electron chi connectivity index (χ2n) is 6.46. The summed E-state index contributed by atoms with van der Waals surface area (Å²) in [7, 11) is 0. The van der Waals surface area contributed by atoms with Gasteiger partial charge in [0.1, 0.15) is 5.60 Å². The molecule has 0 aliphatic carbocycles. The summed E-state index contributed by atoms with van der Waals surface area (Å²) < 4.78 is 5.33. The molecule has 2 rings (SSSR count). The van der Waals surface area contributed by atoms with Gasteiger partial charge in [-0.25, -0.2) is 4.79 Å². The molecular weight excluding hydrogens is 306 g/mol. The minimum Gasteiger partial charge on any atom is -0.481 e. The van der Waals surface area contributed by atoms with Crippen molar-refractivity contribution in [1.29, 1.82) is 0 Å². The number of ether oxygens (including phenoxy) is 1. The lowest BCUT2D eigenvalue weighted by atomic mass is 9.89. The van der Waals surface area contributed by atoms with Gasteiger partial charge in [0, 0.05) is 24.0 Å². The minimum atomic E-state index is -0.934. The molecule has 5 nitrogen and oxygen atoms in total. The lowest BCUT2D eigenvalue weighted by Gasteiger charge is -2.24. The average molecular weight is 326 g/mol. The van der Waals surface area contributed by atoms with E-state index in [0.717, 1.165) is 5.56 Å². The molecule has 1 fully saturated rings. The summed E-state index contributed by atoms with van der Waals surface area (Å²) in [5.74, 6) is -1.96. The van der Waals surface area contributed by atoms with Crippen LogP contribution in [0.4, 0.5) is 4.79 Å². The van der Waals surface area contributed by atoms with Crippen LogP contribution in [0.1, 0.15) is 32.3 Å². The Morgan fingerprint density at radius 2 is 1.91 bits per heavy atom. The summed E-state index contributed by atoms with van der Waals surface area (Å²) in [6.45, 7) is 5.75. The zero-order chi connectivity index (χ0) is 16.5. The third-order valence-corrected chi connectivity index (χ3v) is 3.94. The van der Waals surface area contributed by atoms with E-state index in [1.165, 1.54) is 4.90 Å². The molecule has 1 aromatic rings. The summed E-state index contributed by atoms with van der Waals surface area (Å²) in [5.41, 5.74) is 0.140. The predicted octanol–water partition coefficient (Wildman–Crippen LogP) is 3.38. The molecule has 120 valence electrons. The maximum absolute atomic E-state index is 12.2. The number of nitrogens with zero attached hydrogens (tertiary/aromatic N) is 1. The van der Waals surface area contributed by atoms with E-state index in [-0.39, 0.29) is 19.0 Å². The van der Waals surface area contributed by atoms with Crippen LogP contribution in [0.3, 0.4) is 0 Å². The quantitative estimate of drug-likeness (QED) is 0.905. The Hall–Kier alpha value is -1.75. The van der Waals surface area contributed by atoms with Crippen molar-refractivity contribution in [3.8, 4) is 0 Å². The Morgan fingerprint density at radius 3 is 2.45 bits per heavy atom. The van der Waals surface area contributed by atoms with Gasteiger partial charge in [-0.15, -0.1) is 0 Å². The standard InChI is InChI=1S/C16H20ClNO4/c1-16(2,3)22-15(21)18-8-11(12(9-18)14(19)20)10-6-4-5-7-13(10)17/h4-7,11-12H,8-9H2,1-3H3,(H,19,20)/t11?,12-/m1/s1. The van der Waals surface area contributed by atoms with E-state index in [1.807, 2.05) is 12.1 Å². The van der Waals surface area contributed by atoms with Crippen molar-refractivity contribution in [2.75, 3.05) is 13.1 Å². The number of carboxylic acids is 1. The molecule has 1 saturated heterocycles. The first kappa shape index (κ1) is 16.6. The largest absolute Gasteiger partial charge is 0.481 e. The number of amides is 1. The van der Waals surface area contributed by atoms with E-state index in [1.54, 1.807) is 32.9 Å². The fraction of sp³-hybridized carbons (Fsp3) is 0.500. The number of carbonyl (C=O) groups excluding carboxylic acids is 1. The van der Waals surface area contributed by atoms with E-state index in [4.69, 9.17) is 16.3 Å².